The number of piperidine rings is 1. The molecule has 1 aromatic heterocycles. The lowest BCUT2D eigenvalue weighted by Gasteiger charge is -2.32. The van der Waals surface area contributed by atoms with Crippen LogP contribution in [0.15, 0.2) is 60.8 Å². The van der Waals surface area contributed by atoms with Gasteiger partial charge in [0.05, 0.1) is 6.20 Å². The summed E-state index contributed by atoms with van der Waals surface area (Å²) >= 11 is 6.28. The van der Waals surface area contributed by atoms with Crippen LogP contribution >= 0.6 is 11.6 Å². The van der Waals surface area contributed by atoms with Crippen LogP contribution in [-0.4, -0.2) is 45.8 Å². The molecular formula is C26H27ClN6O2. The molecule has 1 aliphatic heterocycles. The van der Waals surface area contributed by atoms with Gasteiger partial charge in [0.2, 0.25) is 11.9 Å². The van der Waals surface area contributed by atoms with E-state index in [1.54, 1.807) is 18.3 Å². The molecule has 9 heteroatoms. The van der Waals surface area contributed by atoms with E-state index in [0.717, 1.165) is 31.4 Å². The summed E-state index contributed by atoms with van der Waals surface area (Å²) in [6, 6.07) is 17.0. The minimum atomic E-state index is -0.0249. The first-order valence-electron chi connectivity index (χ1n) is 11.9. The van der Waals surface area contributed by atoms with Crippen molar-refractivity contribution in [1.82, 2.24) is 14.9 Å². The fraction of sp³-hybridized carbons (Fsp3) is 0.308. The number of rotatable bonds is 7. The third-order valence-corrected chi connectivity index (χ3v) is 6.50. The summed E-state index contributed by atoms with van der Waals surface area (Å²) < 4.78 is 0. The Balaban J connectivity index is 1.16. The van der Waals surface area contributed by atoms with Crippen molar-refractivity contribution in [2.24, 2.45) is 5.92 Å². The lowest BCUT2D eigenvalue weighted by atomic mass is 10.0. The van der Waals surface area contributed by atoms with Crippen LogP contribution < -0.4 is 16.0 Å². The number of hydrogen-bond acceptors (Lipinski definition) is 6. The summed E-state index contributed by atoms with van der Waals surface area (Å²) in [5.41, 5.74) is 2.15. The maximum atomic E-state index is 13.0. The van der Waals surface area contributed by atoms with Crippen LogP contribution in [0.3, 0.4) is 0 Å². The van der Waals surface area contributed by atoms with Crippen molar-refractivity contribution in [2.75, 3.05) is 29.0 Å². The molecule has 1 saturated heterocycles. The zero-order chi connectivity index (χ0) is 24.2. The minimum Gasteiger partial charge on any atom is -0.351 e. The van der Waals surface area contributed by atoms with Gasteiger partial charge < -0.3 is 20.9 Å². The number of carbonyl (C=O) groups is 2. The SMILES string of the molecule is O=C(Nc1cccc(C(=O)N2CCC(Nc3ncc(Cl)c(Nc4ccccc4)n3)CC2)c1)C1CC1. The molecule has 0 atom stereocenters. The number of likely N-dealkylation sites (tertiary alicyclic amines) is 1. The molecule has 35 heavy (non-hydrogen) atoms. The molecule has 3 N–H and O–H groups in total. The number of anilines is 4. The Morgan fingerprint density at radius 3 is 2.43 bits per heavy atom. The third kappa shape index (κ3) is 5.89. The van der Waals surface area contributed by atoms with Crippen LogP contribution in [0, 0.1) is 5.92 Å². The van der Waals surface area contributed by atoms with Crippen molar-refractivity contribution in [3.63, 3.8) is 0 Å². The first-order chi connectivity index (χ1) is 17.0. The van der Waals surface area contributed by atoms with Gasteiger partial charge >= 0.3 is 0 Å². The van der Waals surface area contributed by atoms with Crippen LogP contribution in [0.25, 0.3) is 0 Å². The lowest BCUT2D eigenvalue weighted by Crippen LogP contribution is -2.42. The maximum absolute atomic E-state index is 13.0. The Labute approximate surface area is 209 Å². The summed E-state index contributed by atoms with van der Waals surface area (Å²) in [5.74, 6) is 1.17. The van der Waals surface area contributed by atoms with Gasteiger partial charge in [-0.2, -0.15) is 4.98 Å². The Hall–Kier alpha value is -3.65. The zero-order valence-corrected chi connectivity index (χ0v) is 20.0. The lowest BCUT2D eigenvalue weighted by molar-refractivity contribution is -0.117. The molecule has 2 heterocycles. The number of para-hydroxylation sites is 1. The molecule has 2 amide bonds. The standard InChI is InChI=1S/C26H27ClN6O2/c27-22-16-28-26(32-23(22)29-19-6-2-1-3-7-19)31-20-11-13-33(14-12-20)25(35)18-5-4-8-21(15-18)30-24(34)17-9-10-17/h1-8,15-17,20H,9-14H2,(H,30,34)(H2,28,29,31,32). The normalized spacial score (nSPS) is 16.0. The smallest absolute Gasteiger partial charge is 0.253 e. The van der Waals surface area contributed by atoms with E-state index in [1.807, 2.05) is 47.4 Å². The molecule has 2 aromatic carbocycles. The van der Waals surface area contributed by atoms with E-state index in [1.165, 1.54) is 0 Å². The van der Waals surface area contributed by atoms with Crippen LogP contribution in [0.1, 0.15) is 36.0 Å². The third-order valence-electron chi connectivity index (χ3n) is 6.22. The van der Waals surface area contributed by atoms with Gasteiger partial charge in [0.25, 0.3) is 5.91 Å². The average Bonchev–Trinajstić information content (AvgIpc) is 3.73. The first kappa shape index (κ1) is 23.1. The number of amides is 2. The number of carbonyl (C=O) groups excluding carboxylic acids is 2. The van der Waals surface area contributed by atoms with E-state index in [9.17, 15) is 9.59 Å². The second kappa shape index (κ2) is 10.3. The van der Waals surface area contributed by atoms with E-state index in [2.05, 4.69) is 25.9 Å². The number of benzene rings is 2. The van der Waals surface area contributed by atoms with Gasteiger partial charge in [0.15, 0.2) is 5.82 Å². The molecular weight excluding hydrogens is 464 g/mol. The molecule has 5 rings (SSSR count). The highest BCUT2D eigenvalue weighted by Gasteiger charge is 2.30. The number of aromatic nitrogens is 2. The number of nitrogens with one attached hydrogen (secondary N) is 3. The molecule has 180 valence electrons. The predicted molar refractivity (Wildman–Crippen MR) is 137 cm³/mol. The second-order valence-electron chi connectivity index (χ2n) is 8.94. The highest BCUT2D eigenvalue weighted by molar-refractivity contribution is 6.32. The van der Waals surface area contributed by atoms with E-state index in [4.69, 9.17) is 11.6 Å². The second-order valence-corrected chi connectivity index (χ2v) is 9.34. The fourth-order valence-electron chi connectivity index (χ4n) is 4.09. The highest BCUT2D eigenvalue weighted by Crippen LogP contribution is 2.30. The summed E-state index contributed by atoms with van der Waals surface area (Å²) in [5, 5.41) is 9.94. The van der Waals surface area contributed by atoms with E-state index < -0.39 is 0 Å². The number of hydrogen-bond donors (Lipinski definition) is 3. The topological polar surface area (TPSA) is 99.3 Å². The quantitative estimate of drug-likeness (QED) is 0.434. The predicted octanol–water partition coefficient (Wildman–Crippen LogP) is 4.94. The van der Waals surface area contributed by atoms with Crippen LogP contribution in [0.5, 0.6) is 0 Å². The van der Waals surface area contributed by atoms with Gasteiger partial charge in [-0.15, -0.1) is 0 Å². The largest absolute Gasteiger partial charge is 0.351 e. The molecule has 8 nitrogen and oxygen atoms in total. The van der Waals surface area contributed by atoms with Gasteiger partial charge in [-0.3, -0.25) is 9.59 Å². The minimum absolute atomic E-state index is 0.0249. The molecule has 2 fully saturated rings. The molecule has 0 spiro atoms. The average molecular weight is 491 g/mol. The number of nitrogens with zero attached hydrogens (tertiary/aromatic N) is 3. The molecule has 0 bridgehead atoms. The van der Waals surface area contributed by atoms with E-state index in [-0.39, 0.29) is 23.8 Å². The summed E-state index contributed by atoms with van der Waals surface area (Å²) in [7, 11) is 0. The molecule has 1 saturated carbocycles. The molecule has 3 aromatic rings. The van der Waals surface area contributed by atoms with Gasteiger partial charge in [0.1, 0.15) is 5.02 Å². The van der Waals surface area contributed by atoms with Gasteiger partial charge in [-0.05, 0) is 56.0 Å². The van der Waals surface area contributed by atoms with Crippen LogP contribution in [0.4, 0.5) is 23.1 Å². The monoisotopic (exact) mass is 490 g/mol. The maximum Gasteiger partial charge on any atom is 0.253 e. The highest BCUT2D eigenvalue weighted by atomic mass is 35.5. The van der Waals surface area contributed by atoms with E-state index >= 15 is 0 Å². The van der Waals surface area contributed by atoms with Gasteiger partial charge in [-0.25, -0.2) is 4.98 Å². The van der Waals surface area contributed by atoms with Gasteiger partial charge in [-0.1, -0.05) is 35.9 Å². The Kier molecular flexibility index (Phi) is 6.81. The summed E-state index contributed by atoms with van der Waals surface area (Å²) in [6.07, 6.45) is 5.02. The zero-order valence-electron chi connectivity index (χ0n) is 19.2. The Bertz CT molecular complexity index is 1210. The molecule has 1 aliphatic carbocycles. The van der Waals surface area contributed by atoms with Gasteiger partial charge in [0, 0.05) is 42.0 Å². The fourth-order valence-corrected chi connectivity index (χ4v) is 4.23. The van der Waals surface area contributed by atoms with Crippen LogP contribution in [-0.2, 0) is 4.79 Å². The van der Waals surface area contributed by atoms with Crippen LogP contribution in [0.2, 0.25) is 5.02 Å². The van der Waals surface area contributed by atoms with Crippen molar-refractivity contribution in [3.05, 3.63) is 71.4 Å². The summed E-state index contributed by atoms with van der Waals surface area (Å²) in [6.45, 7) is 1.25. The molecule has 2 aliphatic rings. The van der Waals surface area contributed by atoms with Crippen molar-refractivity contribution in [1.29, 1.82) is 0 Å². The molecule has 0 unspecified atom stereocenters. The van der Waals surface area contributed by atoms with Crippen molar-refractivity contribution < 1.29 is 9.59 Å². The van der Waals surface area contributed by atoms with Crippen molar-refractivity contribution >= 4 is 46.6 Å². The Morgan fingerprint density at radius 2 is 1.69 bits per heavy atom. The van der Waals surface area contributed by atoms with Crippen molar-refractivity contribution in [3.8, 4) is 0 Å². The van der Waals surface area contributed by atoms with E-state index in [0.29, 0.717) is 41.1 Å². The number of halogens is 1. The Morgan fingerprint density at radius 1 is 0.943 bits per heavy atom. The van der Waals surface area contributed by atoms with Crippen molar-refractivity contribution in [2.45, 2.75) is 31.7 Å². The molecule has 0 radical (unpaired) electrons. The summed E-state index contributed by atoms with van der Waals surface area (Å²) in [4.78, 5) is 35.8. The first-order valence-corrected chi connectivity index (χ1v) is 12.2.